The highest BCUT2D eigenvalue weighted by atomic mass is 19.4. The van der Waals surface area contributed by atoms with E-state index in [0.29, 0.717) is 106 Å². The van der Waals surface area contributed by atoms with Crippen LogP contribution in [0.4, 0.5) is 13.2 Å². The molecule has 75 heavy (non-hydrogen) atoms. The van der Waals surface area contributed by atoms with Crippen molar-refractivity contribution in [2.45, 2.75) is 139 Å². The number of piperidine rings is 2. The fourth-order valence-electron chi connectivity index (χ4n) is 9.40. The molecule has 0 bridgehead atoms. The lowest BCUT2D eigenvalue weighted by molar-refractivity contribution is -0.156. The van der Waals surface area contributed by atoms with Gasteiger partial charge in [-0.1, -0.05) is 60.7 Å². The van der Waals surface area contributed by atoms with Crippen LogP contribution in [0, 0.1) is 0 Å². The fourth-order valence-corrected chi connectivity index (χ4v) is 9.40. The van der Waals surface area contributed by atoms with Crippen molar-refractivity contribution in [2.75, 3.05) is 39.4 Å². The molecule has 0 spiro atoms. The number of aryl methyl sites for hydroxylation is 1. The molecule has 2 aliphatic heterocycles. The third-order valence-corrected chi connectivity index (χ3v) is 14.1. The molecule has 0 unspecified atom stereocenters. The quantitative estimate of drug-likeness (QED) is 0.0713. The summed E-state index contributed by atoms with van der Waals surface area (Å²) in [7, 11) is 0. The molecule has 2 aliphatic carbocycles. The summed E-state index contributed by atoms with van der Waals surface area (Å²) in [6.07, 6.45) is 2.55. The molecule has 0 atom stereocenters. The lowest BCUT2D eigenvalue weighted by atomic mass is 9.77. The number of hydrogen-bond donors (Lipinski definition) is 3. The van der Waals surface area contributed by atoms with Crippen LogP contribution in [0.3, 0.4) is 0 Å². The van der Waals surface area contributed by atoms with Crippen LogP contribution in [0.15, 0.2) is 97.1 Å². The van der Waals surface area contributed by atoms with E-state index in [0.717, 1.165) is 49.7 Å². The number of aldehydes is 1. The maximum atomic E-state index is 13.2. The van der Waals surface area contributed by atoms with Gasteiger partial charge in [-0.05, 0) is 162 Å². The summed E-state index contributed by atoms with van der Waals surface area (Å²) in [5.74, 6) is 0.847. The minimum atomic E-state index is -4.64. The van der Waals surface area contributed by atoms with Gasteiger partial charge in [0.1, 0.15) is 41.5 Å². The number of halogens is 3. The van der Waals surface area contributed by atoms with E-state index in [1.54, 1.807) is 48.5 Å². The third kappa shape index (κ3) is 17.0. The number of Topliss-reactive ketones (excluding diaryl/α,β-unsaturated/α-hetero) is 2. The normalized spacial score (nSPS) is 17.3. The standard InChI is InChI=1S/C31H39NO6.C25H30N2O4.C2HF3O/c1-30(2,3)38-28(34)12-11-22-7-4-8-24(19-22)23-13-17-32(18-14-23)29(35)25-9-5-10-26(20-25)37-21-27(33)31(36)15-6-16-31;26-16-18-4-1-5-20(14-18)19-8-12-27(13-9-19)24(29)21-6-2-7-22(15-21)31-17-23(28)25(30)10-3-11-25;3-2(4,5)1-6/h4-5,7-10,19-20,23,36H,6,11-18,21H2,1-3H3;1-2,4-7,14-15,19,30H,3,8-13,16-17,26H2;1H. The summed E-state index contributed by atoms with van der Waals surface area (Å²) < 4.78 is 47.8. The van der Waals surface area contributed by atoms with Gasteiger partial charge in [0.2, 0.25) is 17.9 Å². The molecule has 4 aromatic rings. The third-order valence-electron chi connectivity index (χ3n) is 14.1. The molecule has 2 heterocycles. The molecule has 0 radical (unpaired) electrons. The van der Waals surface area contributed by atoms with Gasteiger partial charge in [0, 0.05) is 50.3 Å². The minimum absolute atomic E-state index is 0.0245. The van der Waals surface area contributed by atoms with E-state index in [1.807, 2.05) is 48.8 Å². The van der Waals surface area contributed by atoms with Crippen LogP contribution in [0.1, 0.15) is 146 Å². The summed E-state index contributed by atoms with van der Waals surface area (Å²) in [4.78, 5) is 75.0. The van der Waals surface area contributed by atoms with E-state index in [4.69, 9.17) is 24.7 Å². The Hall–Kier alpha value is -6.43. The maximum absolute atomic E-state index is 13.2. The summed E-state index contributed by atoms with van der Waals surface area (Å²) in [5, 5.41) is 20.3. The monoisotopic (exact) mass is 1040 g/mol. The summed E-state index contributed by atoms with van der Waals surface area (Å²) in [5.41, 5.74) is 8.69. The van der Waals surface area contributed by atoms with Crippen molar-refractivity contribution in [3.05, 3.63) is 130 Å². The lowest BCUT2D eigenvalue weighted by Gasteiger charge is -2.34. The predicted octanol–water partition coefficient (Wildman–Crippen LogP) is 8.62. The largest absolute Gasteiger partial charge is 0.486 e. The number of esters is 1. The second kappa shape index (κ2) is 25.9. The van der Waals surface area contributed by atoms with E-state index in [-0.39, 0.29) is 42.6 Å². The minimum Gasteiger partial charge on any atom is -0.486 e. The SMILES string of the molecule is CC(C)(C)OC(=O)CCc1cccc(C2CCN(C(=O)c3cccc(OCC(=O)C4(O)CCC4)c3)CC2)c1.NCc1cccc(C2CCN(C(=O)c3cccc(OCC(=O)C4(O)CCC4)c3)CC2)c1.O=CC(F)(F)F. The van der Waals surface area contributed by atoms with Gasteiger partial charge in [0.25, 0.3) is 11.8 Å². The molecule has 4 N–H and O–H groups in total. The smallest absolute Gasteiger partial charge is 0.446 e. The summed E-state index contributed by atoms with van der Waals surface area (Å²) >= 11 is 0. The number of nitrogens with two attached hydrogens (primary N) is 1. The topological polar surface area (TPSA) is 203 Å². The van der Waals surface area contributed by atoms with E-state index >= 15 is 0 Å². The number of alkyl halides is 3. The summed E-state index contributed by atoms with van der Waals surface area (Å²) in [6.45, 7) is 8.49. The van der Waals surface area contributed by atoms with Gasteiger partial charge < -0.3 is 40.0 Å². The Morgan fingerprint density at radius 3 is 1.41 bits per heavy atom. The number of nitrogens with zero attached hydrogens (tertiary/aromatic N) is 2. The molecular weight excluding hydrogens is 972 g/mol. The highest BCUT2D eigenvalue weighted by molar-refractivity contribution is 5.95. The Kier molecular flexibility index (Phi) is 20.0. The van der Waals surface area contributed by atoms with Gasteiger partial charge in [0.05, 0.1) is 0 Å². The van der Waals surface area contributed by atoms with Gasteiger partial charge >= 0.3 is 12.1 Å². The highest BCUT2D eigenvalue weighted by Crippen LogP contribution is 2.35. The second-order valence-electron chi connectivity index (χ2n) is 20.8. The van der Waals surface area contributed by atoms with Crippen LogP contribution < -0.4 is 15.2 Å². The molecule has 8 rings (SSSR count). The van der Waals surface area contributed by atoms with Gasteiger partial charge in [-0.15, -0.1) is 0 Å². The number of carbonyl (C=O) groups excluding carboxylic acids is 6. The molecule has 0 aromatic heterocycles. The average molecular weight is 1040 g/mol. The van der Waals surface area contributed by atoms with Crippen molar-refractivity contribution in [1.29, 1.82) is 0 Å². The zero-order chi connectivity index (χ0) is 54.4. The molecule has 4 aliphatic rings. The molecule has 404 valence electrons. The van der Waals surface area contributed by atoms with Crippen LogP contribution in [-0.2, 0) is 36.9 Å². The van der Waals surface area contributed by atoms with Crippen molar-refractivity contribution in [1.82, 2.24) is 9.80 Å². The average Bonchev–Trinajstić information content (AvgIpc) is 3.39. The number of hydrogen-bond acceptors (Lipinski definition) is 12. The molecule has 14 nitrogen and oxygen atoms in total. The number of rotatable bonds is 16. The first-order valence-electron chi connectivity index (χ1n) is 25.8. The van der Waals surface area contributed by atoms with Gasteiger partial charge in [-0.3, -0.25) is 28.8 Å². The number of ether oxygens (including phenoxy) is 3. The van der Waals surface area contributed by atoms with Crippen LogP contribution in [0.5, 0.6) is 11.5 Å². The van der Waals surface area contributed by atoms with E-state index in [1.165, 1.54) is 11.1 Å². The van der Waals surface area contributed by atoms with Gasteiger partial charge in [-0.25, -0.2) is 0 Å². The molecule has 4 fully saturated rings. The summed E-state index contributed by atoms with van der Waals surface area (Å²) in [6, 6.07) is 30.6. The first kappa shape index (κ1) is 57.8. The lowest BCUT2D eigenvalue weighted by Crippen LogP contribution is -2.47. The van der Waals surface area contributed by atoms with Crippen molar-refractivity contribution < 1.29 is 66.4 Å². The molecule has 4 aromatic carbocycles. The number of ketones is 2. The van der Waals surface area contributed by atoms with Gasteiger partial charge in [0.15, 0.2) is 0 Å². The maximum Gasteiger partial charge on any atom is 0.446 e. The molecule has 2 saturated carbocycles. The zero-order valence-electron chi connectivity index (χ0n) is 43.1. The Morgan fingerprint density at radius 1 is 0.640 bits per heavy atom. The van der Waals surface area contributed by atoms with Gasteiger partial charge in [-0.2, -0.15) is 13.2 Å². The van der Waals surface area contributed by atoms with Crippen LogP contribution >= 0.6 is 0 Å². The van der Waals surface area contributed by atoms with Crippen LogP contribution in [-0.4, -0.2) is 118 Å². The van der Waals surface area contributed by atoms with Crippen molar-refractivity contribution in [3.8, 4) is 11.5 Å². The Bertz CT molecular complexity index is 2610. The predicted molar refractivity (Wildman–Crippen MR) is 274 cm³/mol. The Labute approximate surface area is 436 Å². The van der Waals surface area contributed by atoms with Crippen molar-refractivity contribution in [2.24, 2.45) is 5.73 Å². The second-order valence-corrected chi connectivity index (χ2v) is 20.8. The fraction of sp³-hybridized carbons (Fsp3) is 0.483. The van der Waals surface area contributed by atoms with E-state index in [9.17, 15) is 47.4 Å². The first-order chi connectivity index (χ1) is 35.6. The number of aliphatic hydroxyl groups is 2. The molecule has 17 heteroatoms. The highest BCUT2D eigenvalue weighted by Gasteiger charge is 2.43. The molecule has 2 saturated heterocycles. The zero-order valence-corrected chi connectivity index (χ0v) is 43.1. The number of benzene rings is 4. The van der Waals surface area contributed by atoms with E-state index in [2.05, 4.69) is 30.3 Å². The Morgan fingerprint density at radius 2 is 1.04 bits per heavy atom. The first-order valence-corrected chi connectivity index (χ1v) is 25.8. The molecule has 2 amide bonds. The van der Waals surface area contributed by atoms with Crippen molar-refractivity contribution in [3.63, 3.8) is 0 Å². The Balaban J connectivity index is 0.000000223. The van der Waals surface area contributed by atoms with E-state index < -0.39 is 29.3 Å². The van der Waals surface area contributed by atoms with Crippen LogP contribution in [0.25, 0.3) is 0 Å². The number of carbonyl (C=O) groups is 6. The van der Waals surface area contributed by atoms with Crippen LogP contribution in [0.2, 0.25) is 0 Å². The molecular formula is C58H70F3N3O11. The number of likely N-dealkylation sites (tertiary alicyclic amines) is 2. The number of amides is 2. The van der Waals surface area contributed by atoms with Crippen molar-refractivity contribution >= 4 is 35.6 Å².